The molecule has 0 spiro atoms. The third kappa shape index (κ3) is 3.44. The van der Waals surface area contributed by atoms with Crippen LogP contribution >= 0.6 is 11.8 Å². The molecule has 1 aromatic carbocycles. The zero-order chi connectivity index (χ0) is 11.8. The summed E-state index contributed by atoms with van der Waals surface area (Å²) in [5, 5.41) is 18.1. The molecule has 82 valence electrons. The summed E-state index contributed by atoms with van der Waals surface area (Å²) in [5.41, 5.74) is 1.59. The molecule has 0 saturated heterocycles. The molecule has 1 rings (SSSR count). The van der Waals surface area contributed by atoms with Crippen molar-refractivity contribution in [3.05, 3.63) is 47.0 Å². The van der Waals surface area contributed by atoms with Crippen LogP contribution in [0.25, 0.3) is 0 Å². The van der Waals surface area contributed by atoms with E-state index in [-0.39, 0.29) is 0 Å². The van der Waals surface area contributed by atoms with E-state index in [4.69, 9.17) is 10.7 Å². The summed E-state index contributed by atoms with van der Waals surface area (Å²) in [6, 6.07) is 9.58. The van der Waals surface area contributed by atoms with E-state index < -0.39 is 0 Å². The zero-order valence-corrected chi connectivity index (χ0v) is 9.87. The summed E-state index contributed by atoms with van der Waals surface area (Å²) in [5.74, 6) is 0. The van der Waals surface area contributed by atoms with Crippen LogP contribution in [0.5, 0.6) is 0 Å². The van der Waals surface area contributed by atoms with Crippen LogP contribution < -0.4 is 0 Å². The molecule has 0 radical (unpaired) electrons. The Bertz CT molecular complexity index is 421. The van der Waals surface area contributed by atoms with Gasteiger partial charge >= 0.3 is 0 Å². The van der Waals surface area contributed by atoms with E-state index in [1.165, 1.54) is 6.34 Å². The van der Waals surface area contributed by atoms with Gasteiger partial charge < -0.3 is 4.90 Å². The standard InChI is InChI=1S/C12H13N3S/c1-16-7-6-15(10-14)9-12-5-3-2-4-11(12)8-13/h2-7,10,14H,9H2,1H3/b7-6-,14-10?. The SMILES string of the molecule is CS/C=C\N(C=N)Cc1ccccc1C#N. The van der Waals surface area contributed by atoms with Crippen LogP contribution in [0.2, 0.25) is 0 Å². The molecule has 0 aliphatic carbocycles. The summed E-state index contributed by atoms with van der Waals surface area (Å²) in [7, 11) is 0. The van der Waals surface area contributed by atoms with Crippen molar-refractivity contribution in [3.63, 3.8) is 0 Å². The summed E-state index contributed by atoms with van der Waals surface area (Å²) >= 11 is 1.58. The van der Waals surface area contributed by atoms with Gasteiger partial charge in [-0.05, 0) is 23.3 Å². The predicted octanol–water partition coefficient (Wildman–Crippen LogP) is 2.80. The van der Waals surface area contributed by atoms with E-state index in [1.54, 1.807) is 22.7 Å². The summed E-state index contributed by atoms with van der Waals surface area (Å²) < 4.78 is 0. The fourth-order valence-electron chi connectivity index (χ4n) is 1.24. The highest BCUT2D eigenvalue weighted by molar-refractivity contribution is 8.01. The molecule has 0 bridgehead atoms. The highest BCUT2D eigenvalue weighted by atomic mass is 32.2. The molecule has 0 aromatic heterocycles. The van der Waals surface area contributed by atoms with Crippen molar-refractivity contribution in [3.8, 4) is 6.07 Å². The van der Waals surface area contributed by atoms with Gasteiger partial charge in [0, 0.05) is 12.7 Å². The van der Waals surface area contributed by atoms with Crippen LogP contribution in [0.3, 0.4) is 0 Å². The minimum absolute atomic E-state index is 0.546. The van der Waals surface area contributed by atoms with E-state index in [1.807, 2.05) is 36.1 Å². The maximum absolute atomic E-state index is 8.93. The molecule has 4 heteroatoms. The second kappa shape index (κ2) is 6.70. The van der Waals surface area contributed by atoms with Crippen LogP contribution in [0, 0.1) is 16.7 Å². The predicted molar refractivity (Wildman–Crippen MR) is 68.1 cm³/mol. The van der Waals surface area contributed by atoms with Gasteiger partial charge in [-0.2, -0.15) is 5.26 Å². The third-order valence-electron chi connectivity index (χ3n) is 2.04. The van der Waals surface area contributed by atoms with Crippen LogP contribution in [0.15, 0.2) is 35.9 Å². The Morgan fingerprint density at radius 1 is 1.50 bits per heavy atom. The van der Waals surface area contributed by atoms with E-state index in [0.717, 1.165) is 5.56 Å². The van der Waals surface area contributed by atoms with Gasteiger partial charge in [-0.3, -0.25) is 5.41 Å². The highest BCUT2D eigenvalue weighted by Gasteiger charge is 2.03. The van der Waals surface area contributed by atoms with Gasteiger partial charge in [0.2, 0.25) is 0 Å². The van der Waals surface area contributed by atoms with Gasteiger partial charge in [0.05, 0.1) is 18.0 Å². The van der Waals surface area contributed by atoms with E-state index in [9.17, 15) is 0 Å². The van der Waals surface area contributed by atoms with Crippen molar-refractivity contribution in [2.75, 3.05) is 6.26 Å². The van der Waals surface area contributed by atoms with Crippen LogP contribution in [-0.2, 0) is 6.54 Å². The maximum atomic E-state index is 8.93. The number of nitrogens with zero attached hydrogens (tertiary/aromatic N) is 2. The lowest BCUT2D eigenvalue weighted by Crippen LogP contribution is -2.14. The van der Waals surface area contributed by atoms with E-state index >= 15 is 0 Å². The first-order valence-corrected chi connectivity index (χ1v) is 6.04. The molecule has 0 amide bonds. The minimum Gasteiger partial charge on any atom is -0.335 e. The van der Waals surface area contributed by atoms with Crippen molar-refractivity contribution in [1.29, 1.82) is 10.7 Å². The quantitative estimate of drug-likeness (QED) is 0.626. The summed E-state index contributed by atoms with van der Waals surface area (Å²) in [6.45, 7) is 0.546. The number of hydrogen-bond donors (Lipinski definition) is 1. The molecule has 1 aromatic rings. The largest absolute Gasteiger partial charge is 0.335 e. The number of nitrogens with one attached hydrogen (secondary N) is 1. The number of hydrogen-bond acceptors (Lipinski definition) is 3. The van der Waals surface area contributed by atoms with Gasteiger partial charge in [0.15, 0.2) is 0 Å². The Labute approximate surface area is 99.9 Å². The molecular formula is C12H13N3S. The van der Waals surface area contributed by atoms with Crippen molar-refractivity contribution >= 4 is 18.1 Å². The molecule has 0 heterocycles. The van der Waals surface area contributed by atoms with Crippen LogP contribution in [0.4, 0.5) is 0 Å². The molecule has 0 aliphatic heterocycles. The molecule has 0 fully saturated rings. The normalized spacial score (nSPS) is 10.0. The Morgan fingerprint density at radius 2 is 2.25 bits per heavy atom. The van der Waals surface area contributed by atoms with Gasteiger partial charge in [-0.25, -0.2) is 0 Å². The van der Waals surface area contributed by atoms with Gasteiger partial charge in [-0.15, -0.1) is 11.8 Å². The van der Waals surface area contributed by atoms with E-state index in [0.29, 0.717) is 12.1 Å². The lowest BCUT2D eigenvalue weighted by Gasteiger charge is -2.14. The van der Waals surface area contributed by atoms with Crippen molar-refractivity contribution < 1.29 is 0 Å². The lowest BCUT2D eigenvalue weighted by molar-refractivity contribution is 0.566. The van der Waals surface area contributed by atoms with Gasteiger partial charge in [0.1, 0.15) is 0 Å². The molecule has 0 saturated carbocycles. The topological polar surface area (TPSA) is 50.9 Å². The number of benzene rings is 1. The number of rotatable bonds is 5. The Morgan fingerprint density at radius 3 is 2.88 bits per heavy atom. The summed E-state index contributed by atoms with van der Waals surface area (Å²) in [4.78, 5) is 1.73. The first-order chi connectivity index (χ1) is 7.81. The lowest BCUT2D eigenvalue weighted by atomic mass is 10.1. The number of thioether (sulfide) groups is 1. The molecule has 0 aliphatic rings. The average molecular weight is 231 g/mol. The second-order valence-electron chi connectivity index (χ2n) is 3.09. The van der Waals surface area contributed by atoms with Crippen LogP contribution in [-0.4, -0.2) is 17.5 Å². The highest BCUT2D eigenvalue weighted by Crippen LogP contribution is 2.10. The molecule has 0 atom stereocenters. The Hall–Kier alpha value is -1.73. The minimum atomic E-state index is 0.546. The smallest absolute Gasteiger partial charge is 0.0995 e. The first-order valence-electron chi connectivity index (χ1n) is 4.75. The third-order valence-corrected chi connectivity index (χ3v) is 2.44. The molecular weight excluding hydrogens is 218 g/mol. The Balaban J connectivity index is 2.82. The summed E-state index contributed by atoms with van der Waals surface area (Å²) in [6.07, 6.45) is 5.04. The van der Waals surface area contributed by atoms with Crippen molar-refractivity contribution in [2.45, 2.75) is 6.54 Å². The first kappa shape index (κ1) is 12.3. The van der Waals surface area contributed by atoms with E-state index in [2.05, 4.69) is 6.07 Å². The molecule has 16 heavy (non-hydrogen) atoms. The fraction of sp³-hybridized carbons (Fsp3) is 0.167. The zero-order valence-electron chi connectivity index (χ0n) is 9.05. The maximum Gasteiger partial charge on any atom is 0.0995 e. The van der Waals surface area contributed by atoms with Gasteiger partial charge in [-0.1, -0.05) is 18.2 Å². The average Bonchev–Trinajstić information content (AvgIpc) is 2.34. The molecule has 3 nitrogen and oxygen atoms in total. The monoisotopic (exact) mass is 231 g/mol. The van der Waals surface area contributed by atoms with Crippen molar-refractivity contribution in [1.82, 2.24) is 4.90 Å². The van der Waals surface area contributed by atoms with Crippen LogP contribution in [0.1, 0.15) is 11.1 Å². The Kier molecular flexibility index (Phi) is 5.17. The molecule has 1 N–H and O–H groups in total. The molecule has 0 unspecified atom stereocenters. The fourth-order valence-corrected chi connectivity index (χ4v) is 1.52. The van der Waals surface area contributed by atoms with Crippen molar-refractivity contribution in [2.24, 2.45) is 0 Å². The van der Waals surface area contributed by atoms with Gasteiger partial charge in [0.25, 0.3) is 0 Å². The number of nitriles is 1. The second-order valence-corrected chi connectivity index (χ2v) is 3.83.